The second kappa shape index (κ2) is 5.66. The molecule has 2 heterocycles. The van der Waals surface area contributed by atoms with Gasteiger partial charge in [-0.25, -0.2) is 5.09 Å². The Labute approximate surface area is 152 Å². The van der Waals surface area contributed by atoms with E-state index in [9.17, 15) is 0 Å². The Balaban J connectivity index is 1.90. The first kappa shape index (κ1) is 16.8. The summed E-state index contributed by atoms with van der Waals surface area (Å²) >= 11 is 24.6. The summed E-state index contributed by atoms with van der Waals surface area (Å²) in [5, 5.41) is 5.44. The minimum Gasteiger partial charge on any atom is -0.430 e. The first-order valence-corrected chi connectivity index (χ1v) is 15.1. The van der Waals surface area contributed by atoms with Gasteiger partial charge in [0.1, 0.15) is 5.75 Å². The van der Waals surface area contributed by atoms with E-state index in [1.54, 1.807) is 0 Å². The molecule has 1 N–H and O–H groups in total. The highest BCUT2D eigenvalue weighted by molar-refractivity contribution is 8.20. The number of rotatable bonds is 0. The smallest absolute Gasteiger partial charge is 0.331 e. The van der Waals surface area contributed by atoms with E-state index in [4.69, 9.17) is 49.5 Å². The number of hydrogen-bond donors (Lipinski definition) is 1. The Hall–Kier alpha value is 0.310. The Morgan fingerprint density at radius 2 is 1.65 bits per heavy atom. The third-order valence-corrected chi connectivity index (χ3v) is 14.6. The fourth-order valence-electron chi connectivity index (χ4n) is 2.51. The van der Waals surface area contributed by atoms with Crippen molar-refractivity contribution in [2.75, 3.05) is 0 Å². The van der Waals surface area contributed by atoms with E-state index in [2.05, 4.69) is 18.6 Å². The molecule has 23 heavy (non-hydrogen) atoms. The topological polar surface area (TPSA) is 58.3 Å². The summed E-state index contributed by atoms with van der Waals surface area (Å²) in [6, 6.07) is 11.9. The normalized spacial score (nSPS) is 27.3. The summed E-state index contributed by atoms with van der Waals surface area (Å²) in [6.45, 7) is 0.513. The largest absolute Gasteiger partial charge is 0.430 e. The monoisotopic (exact) mass is 446 g/mol. The van der Waals surface area contributed by atoms with Crippen molar-refractivity contribution in [3.8, 4) is 5.75 Å². The second-order valence-corrected chi connectivity index (χ2v) is 17.2. The van der Waals surface area contributed by atoms with Crippen molar-refractivity contribution in [3.63, 3.8) is 0 Å². The molecule has 4 rings (SSSR count). The minimum atomic E-state index is -3.00. The molecule has 0 saturated heterocycles. The number of benzene rings is 2. The Morgan fingerprint density at radius 1 is 0.913 bits per heavy atom. The van der Waals surface area contributed by atoms with Gasteiger partial charge >= 0.3 is 7.58 Å². The lowest BCUT2D eigenvalue weighted by Gasteiger charge is -2.32. The molecule has 0 aromatic heterocycles. The number of fused-ring (bicyclic) bond motifs is 3. The van der Waals surface area contributed by atoms with E-state index in [1.165, 1.54) is 0 Å². The zero-order valence-electron chi connectivity index (χ0n) is 11.3. The molecule has 2 aromatic carbocycles. The van der Waals surface area contributed by atoms with Gasteiger partial charge in [0.2, 0.25) is 0 Å². The number of halogens is 4. The molecule has 12 heteroatoms. The van der Waals surface area contributed by atoms with Crippen LogP contribution in [0.25, 0.3) is 10.8 Å². The van der Waals surface area contributed by atoms with Crippen molar-refractivity contribution in [3.05, 3.63) is 42.0 Å². The van der Waals surface area contributed by atoms with Crippen LogP contribution in [0.3, 0.4) is 0 Å². The molecular formula is C11H9Cl4N4OP3. The maximum Gasteiger partial charge on any atom is 0.331 e. The van der Waals surface area contributed by atoms with Crippen molar-refractivity contribution in [2.24, 2.45) is 13.5 Å². The Bertz CT molecular complexity index is 988. The SMILES string of the molecule is ClP1(Cl)=NP(Cl)(Cl)=N[P@@]2(=N1)NCc1c(ccc3ccccc13)O2. The molecule has 1 atom stereocenters. The maximum absolute atomic E-state index is 6.15. The second-order valence-electron chi connectivity index (χ2n) is 4.91. The molecule has 1 spiro atoms. The van der Waals surface area contributed by atoms with Gasteiger partial charge in [-0.3, -0.25) is 0 Å². The van der Waals surface area contributed by atoms with Gasteiger partial charge in [-0.1, -0.05) is 30.3 Å². The van der Waals surface area contributed by atoms with E-state index in [0.29, 0.717) is 12.3 Å². The summed E-state index contributed by atoms with van der Waals surface area (Å²) in [6.07, 6.45) is 0. The molecule has 5 nitrogen and oxygen atoms in total. The van der Waals surface area contributed by atoms with Crippen molar-refractivity contribution < 1.29 is 4.52 Å². The van der Waals surface area contributed by atoms with E-state index < -0.39 is 19.4 Å². The molecule has 0 amide bonds. The van der Waals surface area contributed by atoms with Gasteiger partial charge in [0.15, 0.2) is 0 Å². The average molecular weight is 448 g/mol. The highest BCUT2D eigenvalue weighted by Gasteiger charge is 2.38. The zero-order chi connectivity index (χ0) is 16.3. The number of nitrogens with zero attached hydrogens (tertiary/aromatic N) is 3. The Kier molecular flexibility index (Phi) is 4.12. The Morgan fingerprint density at radius 3 is 2.43 bits per heavy atom. The third-order valence-electron chi connectivity index (χ3n) is 3.36. The standard InChI is InChI=1S/C11H9Cl4N4OP3/c12-21(13)17-22(14,15)19-23(18-21)16-7-10-9-4-2-1-3-8(9)5-6-11(10)20-23/h1-6,16H,7H2. The van der Waals surface area contributed by atoms with Crippen molar-refractivity contribution >= 4 is 75.1 Å². The van der Waals surface area contributed by atoms with Crippen LogP contribution in [-0.4, -0.2) is 0 Å². The summed E-state index contributed by atoms with van der Waals surface area (Å²) in [4.78, 5) is 0. The van der Waals surface area contributed by atoms with Crippen LogP contribution < -0.4 is 9.61 Å². The van der Waals surface area contributed by atoms with Gasteiger partial charge in [0, 0.05) is 12.1 Å². The fraction of sp³-hybridized carbons (Fsp3) is 0.0909. The predicted octanol–water partition coefficient (Wildman–Crippen LogP) is 8.13. The van der Waals surface area contributed by atoms with Crippen LogP contribution in [0.15, 0.2) is 49.9 Å². The van der Waals surface area contributed by atoms with Crippen molar-refractivity contribution in [2.45, 2.75) is 6.54 Å². The quantitative estimate of drug-likeness (QED) is 0.414. The highest BCUT2D eigenvalue weighted by atomic mass is 35.9. The van der Waals surface area contributed by atoms with Crippen LogP contribution in [0.4, 0.5) is 0 Å². The molecule has 122 valence electrons. The maximum atomic E-state index is 6.15. The lowest BCUT2D eigenvalue weighted by Crippen LogP contribution is -2.19. The van der Waals surface area contributed by atoms with Crippen LogP contribution in [0.5, 0.6) is 5.75 Å². The van der Waals surface area contributed by atoms with Crippen LogP contribution in [0, 0.1) is 0 Å². The molecule has 2 aliphatic rings. The van der Waals surface area contributed by atoms with Crippen LogP contribution in [0.2, 0.25) is 0 Å². The molecule has 0 bridgehead atoms. The number of hydrogen-bond acceptors (Lipinski definition) is 5. The summed E-state index contributed by atoms with van der Waals surface area (Å²) in [7, 11) is -2.86. The van der Waals surface area contributed by atoms with Gasteiger partial charge in [0.05, 0.1) is 0 Å². The summed E-state index contributed by atoms with van der Waals surface area (Å²) < 4.78 is 18.7. The number of nitrogens with one attached hydrogen (secondary N) is 1. The van der Waals surface area contributed by atoms with Crippen LogP contribution in [-0.2, 0) is 6.54 Å². The van der Waals surface area contributed by atoms with Gasteiger partial charge in [-0.2, -0.15) is 13.5 Å². The van der Waals surface area contributed by atoms with E-state index >= 15 is 0 Å². The van der Waals surface area contributed by atoms with Crippen molar-refractivity contribution in [1.82, 2.24) is 5.09 Å². The molecular weight excluding hydrogens is 439 g/mol. The lowest BCUT2D eigenvalue weighted by molar-refractivity contribution is 0.556. The van der Waals surface area contributed by atoms with Gasteiger partial charge in [-0.15, -0.1) is 0 Å². The predicted molar refractivity (Wildman–Crippen MR) is 103 cm³/mol. The van der Waals surface area contributed by atoms with Gasteiger partial charge < -0.3 is 4.52 Å². The van der Waals surface area contributed by atoms with Crippen LogP contribution in [0.1, 0.15) is 5.56 Å². The molecule has 0 radical (unpaired) electrons. The van der Waals surface area contributed by atoms with Crippen LogP contribution >= 0.6 is 64.4 Å². The third kappa shape index (κ3) is 3.24. The molecule has 2 aromatic rings. The van der Waals surface area contributed by atoms with Gasteiger partial charge in [-0.05, 0) is 61.8 Å². The molecule has 0 unspecified atom stereocenters. The van der Waals surface area contributed by atoms with Gasteiger partial charge in [0.25, 0.3) is 11.8 Å². The molecule has 0 fully saturated rings. The van der Waals surface area contributed by atoms with E-state index in [0.717, 1.165) is 16.3 Å². The average Bonchev–Trinajstić information content (AvgIpc) is 2.43. The zero-order valence-corrected chi connectivity index (χ0v) is 17.0. The van der Waals surface area contributed by atoms with Crippen molar-refractivity contribution in [1.29, 1.82) is 0 Å². The molecule has 0 aliphatic carbocycles. The highest BCUT2D eigenvalue weighted by Crippen LogP contribution is 2.84. The first-order valence-electron chi connectivity index (χ1n) is 6.43. The summed E-state index contributed by atoms with van der Waals surface area (Å²) in [5.41, 5.74) is 1.03. The molecule has 0 saturated carbocycles. The fourth-order valence-corrected chi connectivity index (χ4v) is 17.0. The first-order chi connectivity index (χ1) is 10.8. The minimum absolute atomic E-state index is 0.513. The summed E-state index contributed by atoms with van der Waals surface area (Å²) in [5.74, 6) is -5.32. The molecule has 2 aliphatic heterocycles. The van der Waals surface area contributed by atoms with E-state index in [-0.39, 0.29) is 0 Å². The lowest BCUT2D eigenvalue weighted by atomic mass is 10.0. The van der Waals surface area contributed by atoms with E-state index in [1.807, 2.05) is 36.4 Å².